The quantitative estimate of drug-likeness (QED) is 0.399. The number of aromatic amines is 1. The van der Waals surface area contributed by atoms with Gasteiger partial charge in [0.15, 0.2) is 4.77 Å². The Hall–Kier alpha value is -2.99. The van der Waals surface area contributed by atoms with E-state index in [1.54, 1.807) is 7.11 Å². The molecule has 1 aliphatic rings. The molecule has 0 saturated carbocycles. The number of methoxy groups -OCH3 is 1. The molecule has 4 aromatic rings. The molecule has 1 unspecified atom stereocenters. The molecule has 0 radical (unpaired) electrons. The Kier molecular flexibility index (Phi) is 4.06. The summed E-state index contributed by atoms with van der Waals surface area (Å²) >= 11 is 5.84. The minimum Gasteiger partial charge on any atom is -0.497 e. The summed E-state index contributed by atoms with van der Waals surface area (Å²) in [4.78, 5) is 3.63. The Bertz CT molecular complexity index is 1300. The monoisotopic (exact) mass is 405 g/mol. The molecule has 148 valence electrons. The number of para-hydroxylation sites is 1. The molecular formula is C23H23N3O2S. The van der Waals surface area contributed by atoms with Gasteiger partial charge in [0.1, 0.15) is 11.8 Å². The molecule has 2 aromatic carbocycles. The fourth-order valence-corrected chi connectivity index (χ4v) is 5.05. The van der Waals surface area contributed by atoms with Crippen molar-refractivity contribution in [2.45, 2.75) is 32.4 Å². The molecule has 0 amide bonds. The molecule has 1 aliphatic heterocycles. The van der Waals surface area contributed by atoms with E-state index < -0.39 is 0 Å². The van der Waals surface area contributed by atoms with E-state index in [9.17, 15) is 5.11 Å². The third-order valence-electron chi connectivity index (χ3n) is 5.84. The first-order valence-corrected chi connectivity index (χ1v) is 10.2. The lowest BCUT2D eigenvalue weighted by Crippen LogP contribution is -2.22. The highest BCUT2D eigenvalue weighted by Gasteiger charge is 2.34. The van der Waals surface area contributed by atoms with E-state index in [1.165, 1.54) is 10.9 Å². The third-order valence-corrected chi connectivity index (χ3v) is 6.23. The van der Waals surface area contributed by atoms with Gasteiger partial charge in [-0.15, -0.1) is 0 Å². The molecule has 0 aliphatic carbocycles. The largest absolute Gasteiger partial charge is 0.497 e. The summed E-state index contributed by atoms with van der Waals surface area (Å²) in [5.74, 6) is 1.06. The van der Waals surface area contributed by atoms with Crippen LogP contribution in [-0.2, 0) is 6.42 Å². The summed E-state index contributed by atoms with van der Waals surface area (Å²) in [7, 11) is 1.67. The van der Waals surface area contributed by atoms with Gasteiger partial charge in [0, 0.05) is 29.1 Å². The van der Waals surface area contributed by atoms with Crippen LogP contribution in [0.15, 0.2) is 48.5 Å². The Balaban J connectivity index is 1.85. The minimum absolute atomic E-state index is 0.0710. The van der Waals surface area contributed by atoms with E-state index in [0.717, 1.165) is 28.2 Å². The average molecular weight is 406 g/mol. The second-order valence-corrected chi connectivity index (χ2v) is 8.17. The number of rotatable bonds is 3. The summed E-state index contributed by atoms with van der Waals surface area (Å²) < 4.78 is 10.0. The van der Waals surface area contributed by atoms with Crippen LogP contribution in [0, 0.1) is 4.77 Å². The molecule has 29 heavy (non-hydrogen) atoms. The van der Waals surface area contributed by atoms with Crippen molar-refractivity contribution in [3.05, 3.63) is 75.8 Å². The van der Waals surface area contributed by atoms with E-state index in [4.69, 9.17) is 17.0 Å². The maximum Gasteiger partial charge on any atom is 0.214 e. The van der Waals surface area contributed by atoms with E-state index >= 15 is 0 Å². The van der Waals surface area contributed by atoms with Crippen molar-refractivity contribution in [1.82, 2.24) is 14.1 Å². The van der Waals surface area contributed by atoms with Gasteiger partial charge in [-0.1, -0.05) is 30.3 Å². The second kappa shape index (κ2) is 6.52. The number of H-pyrrole nitrogens is 1. The number of hydrogen-bond donors (Lipinski definition) is 2. The van der Waals surface area contributed by atoms with E-state index in [1.807, 2.05) is 42.7 Å². The van der Waals surface area contributed by atoms with Crippen molar-refractivity contribution in [1.29, 1.82) is 0 Å². The van der Waals surface area contributed by atoms with Crippen LogP contribution in [0.25, 0.3) is 10.9 Å². The zero-order valence-corrected chi connectivity index (χ0v) is 17.5. The molecule has 5 nitrogen and oxygen atoms in total. The van der Waals surface area contributed by atoms with Gasteiger partial charge in [-0.05, 0) is 55.4 Å². The van der Waals surface area contributed by atoms with E-state index in [-0.39, 0.29) is 18.0 Å². The molecule has 5 rings (SSSR count). The fourth-order valence-electron chi connectivity index (χ4n) is 4.53. The number of aromatic hydroxyl groups is 1. The molecule has 0 spiro atoms. The van der Waals surface area contributed by atoms with Gasteiger partial charge in [-0.2, -0.15) is 0 Å². The molecule has 2 aromatic heterocycles. The number of nitrogens with one attached hydrogen (secondary N) is 1. The van der Waals surface area contributed by atoms with Gasteiger partial charge in [-0.25, -0.2) is 0 Å². The number of benzene rings is 2. The lowest BCUT2D eigenvalue weighted by molar-refractivity contribution is 0.394. The molecule has 1 atom stereocenters. The number of imidazole rings is 1. The molecule has 2 N–H and O–H groups in total. The normalized spacial score (nSPS) is 15.5. The molecular weight excluding hydrogens is 382 g/mol. The zero-order valence-electron chi connectivity index (χ0n) is 16.6. The second-order valence-electron chi connectivity index (χ2n) is 7.81. The Morgan fingerprint density at radius 1 is 1.17 bits per heavy atom. The number of aromatic nitrogens is 3. The van der Waals surface area contributed by atoms with Crippen molar-refractivity contribution in [3.8, 4) is 11.6 Å². The summed E-state index contributed by atoms with van der Waals surface area (Å²) in [5.41, 5.74) is 5.34. The van der Waals surface area contributed by atoms with E-state index in [2.05, 4.69) is 33.8 Å². The van der Waals surface area contributed by atoms with Gasteiger partial charge in [0.2, 0.25) is 5.88 Å². The molecule has 6 heteroatoms. The number of ether oxygens (including phenoxy) is 1. The summed E-state index contributed by atoms with van der Waals surface area (Å²) in [6.07, 6.45) is 0.634. The van der Waals surface area contributed by atoms with Crippen LogP contribution in [0.1, 0.15) is 48.4 Å². The van der Waals surface area contributed by atoms with Gasteiger partial charge in [0.25, 0.3) is 0 Å². The van der Waals surface area contributed by atoms with Crippen LogP contribution in [0.2, 0.25) is 0 Å². The Morgan fingerprint density at radius 3 is 2.72 bits per heavy atom. The highest BCUT2D eigenvalue weighted by Crippen LogP contribution is 2.43. The molecule has 0 fully saturated rings. The highest BCUT2D eigenvalue weighted by atomic mass is 32.1. The topological polar surface area (TPSA) is 55.1 Å². The zero-order chi connectivity index (χ0) is 20.3. The smallest absolute Gasteiger partial charge is 0.214 e. The van der Waals surface area contributed by atoms with Crippen LogP contribution >= 0.6 is 12.2 Å². The third kappa shape index (κ3) is 2.55. The minimum atomic E-state index is -0.158. The predicted molar refractivity (Wildman–Crippen MR) is 117 cm³/mol. The number of nitrogens with zero attached hydrogens (tertiary/aromatic N) is 2. The predicted octanol–water partition coefficient (Wildman–Crippen LogP) is 5.34. The van der Waals surface area contributed by atoms with Gasteiger partial charge < -0.3 is 19.4 Å². The fraction of sp³-hybridized carbons (Fsp3) is 0.261. The highest BCUT2D eigenvalue weighted by molar-refractivity contribution is 7.71. The van der Waals surface area contributed by atoms with Crippen LogP contribution in [0.3, 0.4) is 0 Å². The Labute approximate surface area is 174 Å². The van der Waals surface area contributed by atoms with Gasteiger partial charge in [-0.3, -0.25) is 4.57 Å². The molecule has 3 heterocycles. The summed E-state index contributed by atoms with van der Waals surface area (Å²) in [6, 6.07) is 16.3. The maximum absolute atomic E-state index is 11.1. The number of hydrogen-bond acceptors (Lipinski definition) is 3. The van der Waals surface area contributed by atoms with Crippen molar-refractivity contribution in [2.75, 3.05) is 7.11 Å². The lowest BCUT2D eigenvalue weighted by atomic mass is 9.93. The first kappa shape index (κ1) is 18.1. The lowest BCUT2D eigenvalue weighted by Gasteiger charge is -2.27. The maximum atomic E-state index is 11.1. The average Bonchev–Trinajstić information content (AvgIpc) is 3.21. The molecule has 0 saturated heterocycles. The SMILES string of the molecule is COc1cccc(C2c3[nH]c4ccccc4c3Cc3c(O)n(C(C)C)c(=S)n32)c1. The summed E-state index contributed by atoms with van der Waals surface area (Å²) in [6.45, 7) is 4.08. The van der Waals surface area contributed by atoms with E-state index in [0.29, 0.717) is 11.2 Å². The van der Waals surface area contributed by atoms with Crippen LogP contribution < -0.4 is 4.74 Å². The first-order chi connectivity index (χ1) is 14.0. The summed E-state index contributed by atoms with van der Waals surface area (Å²) in [5, 5.41) is 12.3. The van der Waals surface area contributed by atoms with Crippen LogP contribution in [-0.4, -0.2) is 26.3 Å². The van der Waals surface area contributed by atoms with Crippen LogP contribution in [0.5, 0.6) is 11.6 Å². The van der Waals surface area contributed by atoms with Crippen molar-refractivity contribution in [2.24, 2.45) is 0 Å². The first-order valence-electron chi connectivity index (χ1n) is 9.79. The Morgan fingerprint density at radius 2 is 1.97 bits per heavy atom. The standard InChI is InChI=1S/C23H23N3O2S/c1-13(2)25-22(27)19-12-17-16-9-4-5-10-18(16)24-20(17)21(26(19)23(25)29)14-7-6-8-15(11-14)28-3/h4-11,13,21,24,27H,12H2,1-3H3. The van der Waals surface area contributed by atoms with Crippen molar-refractivity contribution < 1.29 is 9.84 Å². The van der Waals surface area contributed by atoms with Gasteiger partial charge >= 0.3 is 0 Å². The number of fused-ring (bicyclic) bond motifs is 4. The van der Waals surface area contributed by atoms with Crippen molar-refractivity contribution in [3.63, 3.8) is 0 Å². The molecule has 0 bridgehead atoms. The van der Waals surface area contributed by atoms with Crippen LogP contribution in [0.4, 0.5) is 0 Å². The van der Waals surface area contributed by atoms with Gasteiger partial charge in [0.05, 0.1) is 12.8 Å². The van der Waals surface area contributed by atoms with Crippen molar-refractivity contribution >= 4 is 23.1 Å².